The highest BCUT2D eigenvalue weighted by Crippen LogP contribution is 1.87. The molecule has 0 spiro atoms. The van der Waals surface area contributed by atoms with Gasteiger partial charge >= 0.3 is 0 Å². The third-order valence-electron chi connectivity index (χ3n) is 0.968. The number of aliphatic hydroxyl groups excluding tert-OH is 1. The summed E-state index contributed by atoms with van der Waals surface area (Å²) in [6.45, 7) is 2.68. The third-order valence-corrected chi connectivity index (χ3v) is 0.968. The topological polar surface area (TPSA) is 66.4 Å². The van der Waals surface area contributed by atoms with Gasteiger partial charge in [0.25, 0.3) is 0 Å². The van der Waals surface area contributed by atoms with E-state index in [-0.39, 0.29) is 5.91 Å². The third kappa shape index (κ3) is 3.19. The summed E-state index contributed by atoms with van der Waals surface area (Å²) in [6.07, 6.45) is 0.613. The summed E-state index contributed by atoms with van der Waals surface area (Å²) in [7, 11) is 0. The molecule has 4 heteroatoms. The fraction of sp³-hybridized carbons (Fsp3) is 0.667. The molecule has 1 radical (unpaired) electrons. The Morgan fingerprint density at radius 3 is 2.30 bits per heavy atom. The lowest BCUT2D eigenvalue weighted by atomic mass is 10.2. The number of nitrogens with one attached hydrogen (secondary N) is 1. The highest BCUT2D eigenvalue weighted by molar-refractivity contribution is 5.77. The number of amides is 1. The van der Waals surface area contributed by atoms with Crippen LogP contribution < -0.4 is 5.32 Å². The number of carbonyl (C=O) groups excluding carboxylic acids is 2. The maximum absolute atomic E-state index is 10.3. The molecular formula is C6H10NO3. The molecule has 0 unspecified atom stereocenters. The average molecular weight is 144 g/mol. The Balaban J connectivity index is 3.83. The fourth-order valence-electron chi connectivity index (χ4n) is 0.468. The predicted molar refractivity (Wildman–Crippen MR) is 35.0 cm³/mol. The van der Waals surface area contributed by atoms with Gasteiger partial charge < -0.3 is 10.4 Å². The van der Waals surface area contributed by atoms with Crippen LogP contribution in [0.5, 0.6) is 0 Å². The van der Waals surface area contributed by atoms with E-state index in [1.807, 2.05) is 0 Å². The zero-order chi connectivity index (χ0) is 8.15. The first kappa shape index (κ1) is 9.10. The fourth-order valence-corrected chi connectivity index (χ4v) is 0.468. The van der Waals surface area contributed by atoms with Gasteiger partial charge in [0.15, 0.2) is 0 Å². The standard InChI is InChI=1S/C6H10NO3/c1-4(9)6(3-8)7-5(2)10/h4,6,9H,1-2H3,(H,7,10)/t4-,6-/m1/s1. The zero-order valence-corrected chi connectivity index (χ0v) is 5.92. The molecule has 0 aliphatic carbocycles. The van der Waals surface area contributed by atoms with Crippen LogP contribution in [0.2, 0.25) is 0 Å². The van der Waals surface area contributed by atoms with Gasteiger partial charge in [0.2, 0.25) is 12.2 Å². The Bertz CT molecular complexity index is 133. The second-order valence-electron chi connectivity index (χ2n) is 2.04. The first-order valence-electron chi connectivity index (χ1n) is 2.90. The maximum Gasteiger partial charge on any atom is 0.225 e. The molecule has 0 aromatic heterocycles. The Kier molecular flexibility index (Phi) is 3.64. The van der Waals surface area contributed by atoms with Crippen molar-refractivity contribution in [1.29, 1.82) is 0 Å². The van der Waals surface area contributed by atoms with Gasteiger partial charge in [-0.15, -0.1) is 0 Å². The molecule has 0 rings (SSSR count). The summed E-state index contributed by atoms with van der Waals surface area (Å²) in [4.78, 5) is 20.3. The molecule has 0 aromatic rings. The van der Waals surface area contributed by atoms with E-state index in [0.29, 0.717) is 0 Å². The molecule has 10 heavy (non-hydrogen) atoms. The number of aliphatic hydroxyl groups is 1. The summed E-state index contributed by atoms with van der Waals surface area (Å²) in [5.41, 5.74) is 0. The van der Waals surface area contributed by atoms with E-state index in [1.165, 1.54) is 20.1 Å². The molecule has 4 nitrogen and oxygen atoms in total. The maximum atomic E-state index is 10.3. The van der Waals surface area contributed by atoms with Crippen LogP contribution in [0.15, 0.2) is 0 Å². The summed E-state index contributed by atoms with van der Waals surface area (Å²) < 4.78 is 0. The van der Waals surface area contributed by atoms with Gasteiger partial charge in [-0.2, -0.15) is 0 Å². The van der Waals surface area contributed by atoms with Crippen LogP contribution in [0.3, 0.4) is 0 Å². The molecule has 0 aromatic carbocycles. The number of rotatable bonds is 3. The van der Waals surface area contributed by atoms with Crippen LogP contribution in [0.1, 0.15) is 13.8 Å². The van der Waals surface area contributed by atoms with Crippen molar-refractivity contribution in [2.45, 2.75) is 26.0 Å². The molecule has 0 heterocycles. The van der Waals surface area contributed by atoms with E-state index < -0.39 is 12.1 Å². The second-order valence-corrected chi connectivity index (χ2v) is 2.04. The highest BCUT2D eigenvalue weighted by Gasteiger charge is 2.14. The van der Waals surface area contributed by atoms with Crippen LogP contribution in [-0.2, 0) is 9.59 Å². The SMILES string of the molecule is CC(=O)N[C@H]([C]=O)[C@@H](C)O. The van der Waals surface area contributed by atoms with E-state index in [2.05, 4.69) is 5.32 Å². The molecule has 0 fully saturated rings. The Morgan fingerprint density at radius 2 is 2.20 bits per heavy atom. The molecule has 0 aliphatic heterocycles. The van der Waals surface area contributed by atoms with Crippen molar-refractivity contribution in [3.63, 3.8) is 0 Å². The second kappa shape index (κ2) is 4.00. The van der Waals surface area contributed by atoms with Crippen molar-refractivity contribution >= 4 is 12.2 Å². The van der Waals surface area contributed by atoms with Gasteiger partial charge in [0.05, 0.1) is 6.10 Å². The van der Waals surface area contributed by atoms with Crippen molar-refractivity contribution in [2.24, 2.45) is 0 Å². The van der Waals surface area contributed by atoms with Gasteiger partial charge in [0.1, 0.15) is 6.04 Å². The minimum Gasteiger partial charge on any atom is -0.391 e. The molecule has 57 valence electrons. The van der Waals surface area contributed by atoms with Gasteiger partial charge in [-0.3, -0.25) is 9.59 Å². The summed E-state index contributed by atoms with van der Waals surface area (Å²) in [6, 6.07) is -0.905. The largest absolute Gasteiger partial charge is 0.391 e. The van der Waals surface area contributed by atoms with Crippen molar-refractivity contribution in [3.05, 3.63) is 0 Å². The minimum atomic E-state index is -0.905. The van der Waals surface area contributed by atoms with E-state index in [0.717, 1.165) is 0 Å². The van der Waals surface area contributed by atoms with Gasteiger partial charge in [0, 0.05) is 6.92 Å². The minimum absolute atomic E-state index is 0.353. The van der Waals surface area contributed by atoms with Crippen molar-refractivity contribution in [2.75, 3.05) is 0 Å². The van der Waals surface area contributed by atoms with Crippen molar-refractivity contribution in [1.82, 2.24) is 5.32 Å². The van der Waals surface area contributed by atoms with E-state index in [4.69, 9.17) is 5.11 Å². The molecule has 1 amide bonds. The van der Waals surface area contributed by atoms with Gasteiger partial charge in [-0.25, -0.2) is 0 Å². The molecular weight excluding hydrogens is 134 g/mol. The summed E-state index contributed by atoms with van der Waals surface area (Å²) in [5, 5.41) is 11.0. The van der Waals surface area contributed by atoms with Crippen LogP contribution in [-0.4, -0.2) is 29.4 Å². The van der Waals surface area contributed by atoms with Crippen LogP contribution >= 0.6 is 0 Å². The van der Waals surface area contributed by atoms with E-state index in [1.54, 1.807) is 0 Å². The number of hydrogen-bond donors (Lipinski definition) is 2. The average Bonchev–Trinajstić information content (AvgIpc) is 1.81. The predicted octanol–water partition coefficient (Wildman–Crippen LogP) is -1.02. The van der Waals surface area contributed by atoms with Gasteiger partial charge in [-0.05, 0) is 6.92 Å². The highest BCUT2D eigenvalue weighted by atomic mass is 16.3. The molecule has 2 atom stereocenters. The van der Waals surface area contributed by atoms with E-state index in [9.17, 15) is 9.59 Å². The van der Waals surface area contributed by atoms with Crippen LogP contribution in [0, 0.1) is 0 Å². The lowest BCUT2D eigenvalue weighted by molar-refractivity contribution is -0.119. The monoisotopic (exact) mass is 144 g/mol. The van der Waals surface area contributed by atoms with Crippen LogP contribution in [0.25, 0.3) is 0 Å². The first-order valence-corrected chi connectivity index (χ1v) is 2.90. The first-order chi connectivity index (χ1) is 4.57. The molecule has 0 aliphatic rings. The molecule has 2 N–H and O–H groups in total. The Labute approximate surface area is 59.2 Å². The molecule has 0 saturated heterocycles. The van der Waals surface area contributed by atoms with Crippen LogP contribution in [0.4, 0.5) is 0 Å². The zero-order valence-electron chi connectivity index (χ0n) is 5.92. The molecule has 0 bridgehead atoms. The number of carbonyl (C=O) groups is 1. The lowest BCUT2D eigenvalue weighted by Crippen LogP contribution is -2.42. The van der Waals surface area contributed by atoms with Crippen molar-refractivity contribution < 1.29 is 14.7 Å². The smallest absolute Gasteiger partial charge is 0.225 e. The quantitative estimate of drug-likeness (QED) is 0.533. The number of hydrogen-bond acceptors (Lipinski definition) is 3. The Morgan fingerprint density at radius 1 is 1.70 bits per heavy atom. The molecule has 0 saturated carbocycles. The summed E-state index contributed by atoms with van der Waals surface area (Å²) in [5.74, 6) is -0.353. The summed E-state index contributed by atoms with van der Waals surface area (Å²) >= 11 is 0. The normalized spacial score (nSPS) is 15.5. The van der Waals surface area contributed by atoms with Crippen molar-refractivity contribution in [3.8, 4) is 0 Å². The Hall–Kier alpha value is -0.900. The van der Waals surface area contributed by atoms with Gasteiger partial charge in [-0.1, -0.05) is 0 Å². The van der Waals surface area contributed by atoms with E-state index >= 15 is 0 Å². The lowest BCUT2D eigenvalue weighted by Gasteiger charge is -2.12.